The monoisotopic (exact) mass is 270 g/mol. The van der Waals surface area contributed by atoms with E-state index in [1.165, 1.54) is 20.9 Å². The Balaban J connectivity index is 1.97. The van der Waals surface area contributed by atoms with Crippen LogP contribution >= 0.6 is 22.9 Å². The Kier molecular flexibility index (Phi) is 3.18. The molecular formula is C16H11ClS. The average Bonchev–Trinajstić information content (AvgIpc) is 2.90. The Hall–Kier alpha value is -1.57. The first-order chi connectivity index (χ1) is 8.83. The topological polar surface area (TPSA) is 0 Å². The van der Waals surface area contributed by atoms with Gasteiger partial charge in [0, 0.05) is 14.8 Å². The number of benzene rings is 2. The summed E-state index contributed by atoms with van der Waals surface area (Å²) < 4.78 is 0. The fourth-order valence-corrected chi connectivity index (χ4v) is 3.01. The number of hydrogen-bond donors (Lipinski definition) is 0. The van der Waals surface area contributed by atoms with Crippen LogP contribution in [0.15, 0.2) is 66.7 Å². The molecule has 0 unspecified atom stereocenters. The normalized spacial score (nSPS) is 10.5. The molecule has 0 nitrogen and oxygen atoms in total. The second-order valence-electron chi connectivity index (χ2n) is 4.04. The zero-order valence-corrected chi connectivity index (χ0v) is 11.2. The molecule has 1 heterocycles. The van der Waals surface area contributed by atoms with Gasteiger partial charge in [0.25, 0.3) is 0 Å². The molecule has 0 atom stereocenters. The highest BCUT2D eigenvalue weighted by atomic mass is 35.5. The minimum absolute atomic E-state index is 0.776. The van der Waals surface area contributed by atoms with Crippen molar-refractivity contribution < 1.29 is 0 Å². The standard InChI is InChI=1S/C16H11ClS/c17-14-8-6-13(7-9-14)16-11-10-15(18-16)12-4-2-1-3-5-12/h1-11H. The van der Waals surface area contributed by atoms with E-state index < -0.39 is 0 Å². The molecule has 0 bridgehead atoms. The van der Waals surface area contributed by atoms with Gasteiger partial charge in [-0.15, -0.1) is 11.3 Å². The van der Waals surface area contributed by atoms with Crippen molar-refractivity contribution in [2.24, 2.45) is 0 Å². The first-order valence-corrected chi connectivity index (χ1v) is 6.93. The van der Waals surface area contributed by atoms with Gasteiger partial charge in [0.05, 0.1) is 0 Å². The van der Waals surface area contributed by atoms with E-state index in [0.717, 1.165) is 5.02 Å². The van der Waals surface area contributed by atoms with Crippen molar-refractivity contribution in [1.29, 1.82) is 0 Å². The van der Waals surface area contributed by atoms with Gasteiger partial charge in [-0.1, -0.05) is 54.1 Å². The minimum Gasteiger partial charge on any atom is -0.135 e. The van der Waals surface area contributed by atoms with Gasteiger partial charge in [-0.05, 0) is 35.4 Å². The summed E-state index contributed by atoms with van der Waals surface area (Å²) >= 11 is 7.71. The highest BCUT2D eigenvalue weighted by Crippen LogP contribution is 2.34. The lowest BCUT2D eigenvalue weighted by Gasteiger charge is -1.97. The van der Waals surface area contributed by atoms with Crippen molar-refractivity contribution in [3.8, 4) is 20.9 Å². The number of rotatable bonds is 2. The molecule has 2 heteroatoms. The summed E-state index contributed by atoms with van der Waals surface area (Å²) in [5.41, 5.74) is 2.48. The maximum Gasteiger partial charge on any atom is 0.0406 e. The van der Waals surface area contributed by atoms with Crippen molar-refractivity contribution in [2.75, 3.05) is 0 Å². The number of thiophene rings is 1. The third-order valence-electron chi connectivity index (χ3n) is 2.79. The van der Waals surface area contributed by atoms with Crippen LogP contribution in [0, 0.1) is 0 Å². The number of halogens is 1. The molecule has 3 rings (SSSR count). The molecule has 1 aromatic heterocycles. The number of hydrogen-bond acceptors (Lipinski definition) is 1. The molecule has 0 aliphatic heterocycles. The van der Waals surface area contributed by atoms with Gasteiger partial charge in [-0.2, -0.15) is 0 Å². The molecule has 0 saturated heterocycles. The van der Waals surface area contributed by atoms with Crippen molar-refractivity contribution in [3.05, 3.63) is 71.8 Å². The largest absolute Gasteiger partial charge is 0.135 e. The van der Waals surface area contributed by atoms with Gasteiger partial charge in [0.2, 0.25) is 0 Å². The Bertz CT molecular complexity index is 638. The maximum absolute atomic E-state index is 5.90. The summed E-state index contributed by atoms with van der Waals surface area (Å²) in [6, 6.07) is 22.8. The summed E-state index contributed by atoms with van der Waals surface area (Å²) in [5.74, 6) is 0. The minimum atomic E-state index is 0.776. The maximum atomic E-state index is 5.90. The third-order valence-corrected chi connectivity index (χ3v) is 4.23. The molecule has 0 fully saturated rings. The summed E-state index contributed by atoms with van der Waals surface area (Å²) in [7, 11) is 0. The van der Waals surface area contributed by atoms with Crippen LogP contribution in [0.4, 0.5) is 0 Å². The van der Waals surface area contributed by atoms with Gasteiger partial charge in [-0.3, -0.25) is 0 Å². The molecule has 0 N–H and O–H groups in total. The van der Waals surface area contributed by atoms with Gasteiger partial charge >= 0.3 is 0 Å². The summed E-state index contributed by atoms with van der Waals surface area (Å²) in [4.78, 5) is 2.56. The third kappa shape index (κ3) is 2.33. The van der Waals surface area contributed by atoms with E-state index in [1.54, 1.807) is 11.3 Å². The molecule has 18 heavy (non-hydrogen) atoms. The molecule has 0 aliphatic carbocycles. The Labute approximate surface area is 115 Å². The van der Waals surface area contributed by atoms with E-state index in [-0.39, 0.29) is 0 Å². The van der Waals surface area contributed by atoms with Crippen LogP contribution in [0.3, 0.4) is 0 Å². The lowest BCUT2D eigenvalue weighted by molar-refractivity contribution is 1.69. The first kappa shape index (κ1) is 11.5. The molecule has 0 aliphatic rings. The van der Waals surface area contributed by atoms with E-state index in [2.05, 4.69) is 48.5 Å². The van der Waals surface area contributed by atoms with Crippen LogP contribution in [0.2, 0.25) is 5.02 Å². The molecular weight excluding hydrogens is 260 g/mol. The molecule has 0 radical (unpaired) electrons. The van der Waals surface area contributed by atoms with E-state index in [9.17, 15) is 0 Å². The van der Waals surface area contributed by atoms with E-state index >= 15 is 0 Å². The van der Waals surface area contributed by atoms with Crippen LogP contribution in [0.25, 0.3) is 20.9 Å². The second-order valence-corrected chi connectivity index (χ2v) is 5.56. The first-order valence-electron chi connectivity index (χ1n) is 5.74. The Morgan fingerprint density at radius 3 is 1.78 bits per heavy atom. The van der Waals surface area contributed by atoms with Crippen molar-refractivity contribution >= 4 is 22.9 Å². The molecule has 0 amide bonds. The van der Waals surface area contributed by atoms with Crippen LogP contribution < -0.4 is 0 Å². The fourth-order valence-electron chi connectivity index (χ4n) is 1.86. The van der Waals surface area contributed by atoms with Crippen LogP contribution in [0.1, 0.15) is 0 Å². The van der Waals surface area contributed by atoms with Crippen molar-refractivity contribution in [2.45, 2.75) is 0 Å². The molecule has 88 valence electrons. The van der Waals surface area contributed by atoms with E-state index in [4.69, 9.17) is 11.6 Å². The summed E-state index contributed by atoms with van der Waals surface area (Å²) in [5, 5.41) is 0.776. The average molecular weight is 271 g/mol. The fraction of sp³-hybridized carbons (Fsp3) is 0. The highest BCUT2D eigenvalue weighted by molar-refractivity contribution is 7.18. The Morgan fingerprint density at radius 2 is 1.17 bits per heavy atom. The van der Waals surface area contributed by atoms with E-state index in [1.807, 2.05) is 18.2 Å². The summed E-state index contributed by atoms with van der Waals surface area (Å²) in [6.07, 6.45) is 0. The smallest absolute Gasteiger partial charge is 0.0406 e. The predicted octanol–water partition coefficient (Wildman–Crippen LogP) is 5.74. The molecule has 3 aromatic rings. The quantitative estimate of drug-likeness (QED) is 0.557. The zero-order chi connectivity index (χ0) is 12.4. The Morgan fingerprint density at radius 1 is 0.611 bits per heavy atom. The van der Waals surface area contributed by atoms with Gasteiger partial charge in [-0.25, -0.2) is 0 Å². The van der Waals surface area contributed by atoms with Crippen LogP contribution in [-0.4, -0.2) is 0 Å². The van der Waals surface area contributed by atoms with Crippen molar-refractivity contribution in [3.63, 3.8) is 0 Å². The van der Waals surface area contributed by atoms with Crippen LogP contribution in [0.5, 0.6) is 0 Å². The zero-order valence-electron chi connectivity index (χ0n) is 9.64. The van der Waals surface area contributed by atoms with Gasteiger partial charge < -0.3 is 0 Å². The van der Waals surface area contributed by atoms with Crippen LogP contribution in [-0.2, 0) is 0 Å². The lowest BCUT2D eigenvalue weighted by atomic mass is 10.2. The van der Waals surface area contributed by atoms with Gasteiger partial charge in [0.15, 0.2) is 0 Å². The molecule has 0 saturated carbocycles. The van der Waals surface area contributed by atoms with E-state index in [0.29, 0.717) is 0 Å². The highest BCUT2D eigenvalue weighted by Gasteiger charge is 2.04. The molecule has 2 aromatic carbocycles. The second kappa shape index (κ2) is 4.97. The SMILES string of the molecule is Clc1ccc(-c2ccc(-c3ccccc3)s2)cc1. The lowest BCUT2D eigenvalue weighted by Crippen LogP contribution is -1.70. The predicted molar refractivity (Wildman–Crippen MR) is 80.2 cm³/mol. The molecule has 0 spiro atoms. The summed E-state index contributed by atoms with van der Waals surface area (Å²) in [6.45, 7) is 0. The van der Waals surface area contributed by atoms with Gasteiger partial charge in [0.1, 0.15) is 0 Å². The van der Waals surface area contributed by atoms with Crippen molar-refractivity contribution in [1.82, 2.24) is 0 Å².